The molecule has 2 aromatic carbocycles. The van der Waals surface area contributed by atoms with Gasteiger partial charge in [0, 0.05) is 29.9 Å². The second kappa shape index (κ2) is 11.1. The largest absolute Gasteiger partial charge is 0.474 e. The van der Waals surface area contributed by atoms with Crippen molar-refractivity contribution >= 4 is 27.2 Å². The van der Waals surface area contributed by atoms with Gasteiger partial charge in [0.15, 0.2) is 27.2 Å². The fourth-order valence-corrected chi connectivity index (χ4v) is 4.75. The van der Waals surface area contributed by atoms with Gasteiger partial charge >= 0.3 is 0 Å². The molecule has 1 fully saturated rings. The number of carbonyl (C=O) groups is 1. The van der Waals surface area contributed by atoms with E-state index in [2.05, 4.69) is 14.9 Å². The van der Waals surface area contributed by atoms with E-state index in [9.17, 15) is 17.6 Å². The molecule has 0 unspecified atom stereocenters. The first-order valence-electron chi connectivity index (χ1n) is 11.7. The van der Waals surface area contributed by atoms with Crippen molar-refractivity contribution in [3.8, 4) is 17.5 Å². The summed E-state index contributed by atoms with van der Waals surface area (Å²) in [5.41, 5.74) is 2.01. The highest BCUT2D eigenvalue weighted by atomic mass is 35.5. The van der Waals surface area contributed by atoms with Gasteiger partial charge in [-0.1, -0.05) is 11.6 Å². The quantitative estimate of drug-likeness (QED) is 0.371. The van der Waals surface area contributed by atoms with Crippen LogP contribution in [0.15, 0.2) is 47.6 Å². The number of aryl methyl sites for hydroxylation is 1. The van der Waals surface area contributed by atoms with Gasteiger partial charge in [0.05, 0.1) is 17.0 Å². The first kappa shape index (κ1) is 27.0. The van der Waals surface area contributed by atoms with E-state index in [0.29, 0.717) is 54.5 Å². The normalized spacial score (nSPS) is 14.9. The lowest BCUT2D eigenvalue weighted by molar-refractivity contribution is 0.0774. The summed E-state index contributed by atoms with van der Waals surface area (Å²) in [5, 5.41) is 0.637. The highest BCUT2D eigenvalue weighted by Gasteiger charge is 2.24. The Morgan fingerprint density at radius 1 is 1.11 bits per heavy atom. The molecule has 2 heterocycles. The Bertz CT molecular complexity index is 1430. The van der Waals surface area contributed by atoms with Crippen LogP contribution < -0.4 is 9.47 Å². The number of hydrogen-bond donors (Lipinski definition) is 0. The summed E-state index contributed by atoms with van der Waals surface area (Å²) in [6.45, 7) is 5.28. The molecule has 0 saturated carbocycles. The van der Waals surface area contributed by atoms with Crippen molar-refractivity contribution in [2.45, 2.75) is 37.7 Å². The van der Waals surface area contributed by atoms with Gasteiger partial charge in [-0.05, 0) is 68.7 Å². The molecule has 1 aliphatic rings. The van der Waals surface area contributed by atoms with Crippen molar-refractivity contribution in [2.24, 2.45) is 0 Å². The van der Waals surface area contributed by atoms with Crippen molar-refractivity contribution in [3.05, 3.63) is 70.3 Å². The number of likely N-dealkylation sites (tertiary alicyclic amines) is 1. The maximum absolute atomic E-state index is 14.4. The molecule has 196 valence electrons. The molecule has 0 spiro atoms. The highest BCUT2D eigenvalue weighted by Crippen LogP contribution is 2.31. The van der Waals surface area contributed by atoms with Gasteiger partial charge in [-0.15, -0.1) is 0 Å². The number of sulfone groups is 1. The highest BCUT2D eigenvalue weighted by molar-refractivity contribution is 7.90. The Balaban J connectivity index is 1.35. The number of halogens is 2. The predicted octanol–water partition coefficient (Wildman–Crippen LogP) is 4.81. The van der Waals surface area contributed by atoms with Crippen LogP contribution in [0.1, 0.15) is 34.3 Å². The van der Waals surface area contributed by atoms with Crippen molar-refractivity contribution in [1.82, 2.24) is 14.9 Å². The van der Waals surface area contributed by atoms with Gasteiger partial charge in [0.25, 0.3) is 0 Å². The number of nitrogens with zero attached hydrogens (tertiary/aromatic N) is 3. The van der Waals surface area contributed by atoms with Crippen LogP contribution in [0.2, 0.25) is 5.02 Å². The zero-order valence-corrected chi connectivity index (χ0v) is 22.3. The number of carbonyl (C=O) groups excluding carboxylic acids is 1. The molecule has 1 aliphatic heterocycles. The number of hydrogen-bond acceptors (Lipinski definition) is 8. The van der Waals surface area contributed by atoms with Crippen LogP contribution in [0.5, 0.6) is 17.5 Å². The second-order valence-electron chi connectivity index (χ2n) is 9.06. The molecule has 8 nitrogen and oxygen atoms in total. The number of Topliss-reactive ketones (excluding diaryl/α,β-unsaturated/α-hetero) is 1. The predicted molar refractivity (Wildman–Crippen MR) is 137 cm³/mol. The van der Waals surface area contributed by atoms with E-state index in [-0.39, 0.29) is 28.4 Å². The van der Waals surface area contributed by atoms with Gasteiger partial charge in [0.1, 0.15) is 12.4 Å². The smallest absolute Gasteiger partial charge is 0.229 e. The lowest BCUT2D eigenvalue weighted by Gasteiger charge is -2.31. The number of piperidine rings is 1. The molecule has 11 heteroatoms. The monoisotopic (exact) mass is 547 g/mol. The van der Waals surface area contributed by atoms with Crippen molar-refractivity contribution in [1.29, 1.82) is 0 Å². The zero-order valence-electron chi connectivity index (χ0n) is 20.7. The topological polar surface area (TPSA) is 98.7 Å². The fourth-order valence-electron chi connectivity index (χ4n) is 4.00. The van der Waals surface area contributed by atoms with Crippen molar-refractivity contribution < 1.29 is 27.1 Å². The Hall–Kier alpha value is -3.08. The SMILES string of the molecule is Cc1cc(C(=O)CN2CCC(Oc3ncnc(Oc4ccc(S(C)(=O)=O)cc4F)c3C)CC2)ccc1Cl. The Kier molecular flexibility index (Phi) is 8.11. The average Bonchev–Trinajstić information content (AvgIpc) is 2.85. The number of ether oxygens (including phenoxy) is 2. The van der Waals surface area contributed by atoms with Crippen LogP contribution >= 0.6 is 11.6 Å². The molecule has 0 radical (unpaired) electrons. The minimum absolute atomic E-state index is 0.0457. The second-order valence-corrected chi connectivity index (χ2v) is 11.5. The van der Waals surface area contributed by atoms with Crippen LogP contribution in [-0.4, -0.2) is 61.1 Å². The van der Waals surface area contributed by atoms with E-state index in [1.165, 1.54) is 18.5 Å². The molecular formula is C26H27ClFN3O5S. The zero-order chi connectivity index (χ0) is 26.7. The fraction of sp³-hybridized carbons (Fsp3) is 0.346. The maximum atomic E-state index is 14.4. The van der Waals surface area contributed by atoms with Gasteiger partial charge in [-0.3, -0.25) is 9.69 Å². The molecular weight excluding hydrogens is 521 g/mol. The minimum atomic E-state index is -3.54. The number of benzene rings is 2. The molecule has 0 aliphatic carbocycles. The molecule has 1 aromatic heterocycles. The van der Waals surface area contributed by atoms with Crippen LogP contribution in [0.4, 0.5) is 4.39 Å². The Labute approximate surface area is 220 Å². The van der Waals surface area contributed by atoms with Crippen LogP contribution in [-0.2, 0) is 9.84 Å². The lowest BCUT2D eigenvalue weighted by Crippen LogP contribution is -2.41. The van der Waals surface area contributed by atoms with E-state index in [1.54, 1.807) is 19.1 Å². The van der Waals surface area contributed by atoms with E-state index in [4.69, 9.17) is 21.1 Å². The van der Waals surface area contributed by atoms with E-state index in [0.717, 1.165) is 17.9 Å². The first-order chi connectivity index (χ1) is 17.5. The van der Waals surface area contributed by atoms with Crippen LogP contribution in [0, 0.1) is 19.7 Å². The summed E-state index contributed by atoms with van der Waals surface area (Å²) < 4.78 is 49.4. The van der Waals surface area contributed by atoms with Gasteiger partial charge in [-0.2, -0.15) is 0 Å². The number of aromatic nitrogens is 2. The van der Waals surface area contributed by atoms with Crippen LogP contribution in [0.3, 0.4) is 0 Å². The van der Waals surface area contributed by atoms with E-state index >= 15 is 0 Å². The summed E-state index contributed by atoms with van der Waals surface area (Å²) in [6, 6.07) is 8.72. The third-order valence-electron chi connectivity index (χ3n) is 6.19. The summed E-state index contributed by atoms with van der Waals surface area (Å²) in [5.74, 6) is -0.501. The lowest BCUT2D eigenvalue weighted by atomic mass is 10.0. The molecule has 0 N–H and O–H groups in total. The number of rotatable bonds is 8. The molecule has 1 saturated heterocycles. The maximum Gasteiger partial charge on any atom is 0.229 e. The first-order valence-corrected chi connectivity index (χ1v) is 14.0. The standard InChI is InChI=1S/C26H27ClFN3O5S/c1-16-12-18(4-6-21(16)27)23(32)14-31-10-8-19(9-11-31)35-25-17(2)26(30-15-29-25)36-24-7-5-20(13-22(24)28)37(3,33)34/h4-7,12-13,15,19H,8-11,14H2,1-3H3. The van der Waals surface area contributed by atoms with E-state index in [1.807, 2.05) is 13.0 Å². The molecule has 4 rings (SSSR count). The molecule has 0 amide bonds. The van der Waals surface area contributed by atoms with Crippen molar-refractivity contribution in [3.63, 3.8) is 0 Å². The Morgan fingerprint density at radius 3 is 2.46 bits per heavy atom. The summed E-state index contributed by atoms with van der Waals surface area (Å²) in [6.07, 6.45) is 3.56. The number of ketones is 1. The Morgan fingerprint density at radius 2 is 1.81 bits per heavy atom. The summed E-state index contributed by atoms with van der Waals surface area (Å²) >= 11 is 6.06. The van der Waals surface area contributed by atoms with Crippen molar-refractivity contribution in [2.75, 3.05) is 25.9 Å². The molecule has 0 atom stereocenters. The third-order valence-corrected chi connectivity index (χ3v) is 7.72. The van der Waals surface area contributed by atoms with E-state index < -0.39 is 15.7 Å². The minimum Gasteiger partial charge on any atom is -0.474 e. The molecule has 37 heavy (non-hydrogen) atoms. The summed E-state index contributed by atoms with van der Waals surface area (Å²) in [4.78, 5) is 22.9. The average molecular weight is 548 g/mol. The molecule has 3 aromatic rings. The van der Waals surface area contributed by atoms with Gasteiger partial charge in [-0.25, -0.2) is 22.8 Å². The van der Waals surface area contributed by atoms with Gasteiger partial charge < -0.3 is 9.47 Å². The van der Waals surface area contributed by atoms with Gasteiger partial charge in [0.2, 0.25) is 11.8 Å². The third kappa shape index (κ3) is 6.63. The molecule has 0 bridgehead atoms. The summed E-state index contributed by atoms with van der Waals surface area (Å²) in [7, 11) is -3.54. The van der Waals surface area contributed by atoms with Crippen LogP contribution in [0.25, 0.3) is 0 Å².